The highest BCUT2D eigenvalue weighted by Gasteiger charge is 2.15. The molecule has 28 heavy (non-hydrogen) atoms. The van der Waals surface area contributed by atoms with Gasteiger partial charge in [0.2, 0.25) is 0 Å². The van der Waals surface area contributed by atoms with E-state index in [2.05, 4.69) is 4.18 Å². The lowest BCUT2D eigenvalue weighted by Crippen LogP contribution is -2.15. The number of carbonyl (C=O) groups is 2. The third kappa shape index (κ3) is 14.7. The van der Waals surface area contributed by atoms with Gasteiger partial charge in [-0.3, -0.25) is 4.18 Å². The monoisotopic (exact) mass is 430 g/mol. The molecule has 0 aliphatic heterocycles. The highest BCUT2D eigenvalue weighted by molar-refractivity contribution is 8.09. The van der Waals surface area contributed by atoms with Crippen molar-refractivity contribution >= 4 is 32.0 Å². The number of carboxylic acid groups (broad SMARTS) is 2. The molecule has 0 radical (unpaired) electrons. The quantitative estimate of drug-likeness (QED) is 0.694. The molecule has 0 aliphatic rings. The zero-order valence-electron chi connectivity index (χ0n) is 15.7. The van der Waals surface area contributed by atoms with E-state index in [4.69, 9.17) is 20.9 Å². The Bertz CT molecular complexity index is 780. The van der Waals surface area contributed by atoms with E-state index in [1.807, 2.05) is 20.8 Å². The summed E-state index contributed by atoms with van der Waals surface area (Å²) in [5, 5.41) is 16.8. The first-order valence-electron chi connectivity index (χ1n) is 7.97. The molecule has 154 valence electrons. The fourth-order valence-electron chi connectivity index (χ4n) is 1.41. The summed E-state index contributed by atoms with van der Waals surface area (Å²) in [7, 11) is 1.00. The van der Waals surface area contributed by atoms with E-state index in [0.29, 0.717) is 11.1 Å². The number of hydrogen-bond donors (Lipinski definition) is 2. The summed E-state index contributed by atoms with van der Waals surface area (Å²) >= 11 is 0. The predicted octanol–water partition coefficient (Wildman–Crippen LogP) is 4.30. The average molecular weight is 431 g/mol. The third-order valence-electron chi connectivity index (χ3n) is 2.67. The van der Waals surface area contributed by atoms with Crippen LogP contribution in [0.2, 0.25) is 0 Å². The van der Waals surface area contributed by atoms with Crippen LogP contribution in [0.5, 0.6) is 0 Å². The average Bonchev–Trinajstić information content (AvgIpc) is 2.61. The Morgan fingerprint density at radius 1 is 0.857 bits per heavy atom. The Morgan fingerprint density at radius 2 is 1.18 bits per heavy atom. The third-order valence-corrected chi connectivity index (χ3v) is 3.34. The number of halogens is 1. The summed E-state index contributed by atoms with van der Waals surface area (Å²) in [5.41, 5.74) is 0.483. The molecule has 0 heterocycles. The standard InChI is InChI=1S/2C7H6O2.C5H11ClO3S/c2*8-7(9)6-4-2-1-3-5-6;1-5(2,3)4-9-10(6,7)8/h2*1-5H,(H,8,9);4H2,1-3H3. The Labute approximate surface area is 169 Å². The van der Waals surface area contributed by atoms with Crippen molar-refractivity contribution in [2.45, 2.75) is 20.8 Å². The molecule has 2 aromatic carbocycles. The van der Waals surface area contributed by atoms with E-state index in [9.17, 15) is 18.0 Å². The smallest absolute Gasteiger partial charge is 0.355 e. The van der Waals surface area contributed by atoms with Crippen molar-refractivity contribution in [2.75, 3.05) is 6.61 Å². The molecule has 9 heteroatoms. The summed E-state index contributed by atoms with van der Waals surface area (Å²) in [5.74, 6) is -1.76. The number of carboxylic acids is 2. The fraction of sp³-hybridized carbons (Fsp3) is 0.263. The van der Waals surface area contributed by atoms with Crippen molar-refractivity contribution in [3.63, 3.8) is 0 Å². The first kappa shape index (κ1) is 25.6. The maximum Gasteiger partial charge on any atom is 0.355 e. The van der Waals surface area contributed by atoms with Crippen molar-refractivity contribution in [1.82, 2.24) is 0 Å². The van der Waals surface area contributed by atoms with Crippen LogP contribution >= 0.6 is 10.7 Å². The Balaban J connectivity index is 0.000000391. The first-order valence-corrected chi connectivity index (χ1v) is 10.2. The minimum atomic E-state index is -3.79. The molecule has 2 rings (SSSR count). The van der Waals surface area contributed by atoms with Gasteiger partial charge in [0.15, 0.2) is 0 Å². The van der Waals surface area contributed by atoms with Crippen LogP contribution in [0.1, 0.15) is 41.5 Å². The molecule has 7 nitrogen and oxygen atoms in total. The lowest BCUT2D eigenvalue weighted by atomic mass is 9.99. The number of aromatic carboxylic acids is 2. The maximum atomic E-state index is 10.2. The highest BCUT2D eigenvalue weighted by Crippen LogP contribution is 2.15. The van der Waals surface area contributed by atoms with E-state index >= 15 is 0 Å². The van der Waals surface area contributed by atoms with E-state index in [0.717, 1.165) is 0 Å². The maximum absolute atomic E-state index is 10.2. The van der Waals surface area contributed by atoms with Crippen molar-refractivity contribution in [1.29, 1.82) is 0 Å². The Morgan fingerprint density at radius 3 is 1.32 bits per heavy atom. The summed E-state index contributed by atoms with van der Waals surface area (Å²) in [6.07, 6.45) is 0. The summed E-state index contributed by atoms with van der Waals surface area (Å²) in [6, 6.07) is 16.6. The Kier molecular flexibility index (Phi) is 11.1. The lowest BCUT2D eigenvalue weighted by molar-refractivity contribution is 0.0686. The van der Waals surface area contributed by atoms with Gasteiger partial charge in [0, 0.05) is 10.7 Å². The summed E-state index contributed by atoms with van der Waals surface area (Å²) in [6.45, 7) is 5.68. The first-order chi connectivity index (χ1) is 12.8. The van der Waals surface area contributed by atoms with Gasteiger partial charge in [-0.2, -0.15) is 8.42 Å². The molecule has 0 aliphatic carbocycles. The SMILES string of the molecule is CC(C)(C)COS(=O)(=O)Cl.O=C(O)c1ccccc1.O=C(O)c1ccccc1. The van der Waals surface area contributed by atoms with Crippen molar-refractivity contribution in [2.24, 2.45) is 5.41 Å². The second-order valence-electron chi connectivity index (χ2n) is 6.56. The van der Waals surface area contributed by atoms with Crippen LogP contribution in [0.4, 0.5) is 0 Å². The van der Waals surface area contributed by atoms with Gasteiger partial charge in [0.05, 0.1) is 17.7 Å². The minimum Gasteiger partial charge on any atom is -0.478 e. The lowest BCUT2D eigenvalue weighted by Gasteiger charge is -2.15. The van der Waals surface area contributed by atoms with Gasteiger partial charge in [0.25, 0.3) is 0 Å². The van der Waals surface area contributed by atoms with E-state index in [1.165, 1.54) is 0 Å². The number of benzene rings is 2. The molecule has 0 amide bonds. The summed E-state index contributed by atoms with van der Waals surface area (Å²) in [4.78, 5) is 20.4. The fourth-order valence-corrected chi connectivity index (χ4v) is 2.04. The molecular weight excluding hydrogens is 408 g/mol. The van der Waals surface area contributed by atoms with E-state index in [-0.39, 0.29) is 12.0 Å². The molecule has 0 saturated carbocycles. The van der Waals surface area contributed by atoms with Gasteiger partial charge < -0.3 is 10.2 Å². The number of rotatable bonds is 4. The molecular formula is C19H23ClO7S. The molecule has 2 aromatic rings. The topological polar surface area (TPSA) is 118 Å². The molecule has 0 aromatic heterocycles. The minimum absolute atomic E-state index is 0.110. The second kappa shape index (κ2) is 12.1. The van der Waals surface area contributed by atoms with Gasteiger partial charge >= 0.3 is 21.3 Å². The molecule has 0 unspecified atom stereocenters. The highest BCUT2D eigenvalue weighted by atomic mass is 35.7. The van der Waals surface area contributed by atoms with Crippen LogP contribution in [-0.2, 0) is 13.5 Å². The van der Waals surface area contributed by atoms with Crippen molar-refractivity contribution in [3.8, 4) is 0 Å². The van der Waals surface area contributed by atoms with Crippen LogP contribution in [0.25, 0.3) is 0 Å². The van der Waals surface area contributed by atoms with Gasteiger partial charge in [-0.15, -0.1) is 0 Å². The van der Waals surface area contributed by atoms with Crippen LogP contribution < -0.4 is 0 Å². The molecule has 0 atom stereocenters. The molecule has 2 N–H and O–H groups in total. The van der Waals surface area contributed by atoms with Gasteiger partial charge in [0.1, 0.15) is 0 Å². The molecule has 0 spiro atoms. The van der Waals surface area contributed by atoms with Crippen LogP contribution in [0.15, 0.2) is 60.7 Å². The van der Waals surface area contributed by atoms with Crippen LogP contribution in [-0.4, -0.2) is 37.2 Å². The van der Waals surface area contributed by atoms with Gasteiger partial charge in [-0.1, -0.05) is 57.2 Å². The summed E-state index contributed by atoms with van der Waals surface area (Å²) < 4.78 is 24.8. The van der Waals surface area contributed by atoms with Crippen LogP contribution in [0, 0.1) is 5.41 Å². The molecule has 0 bridgehead atoms. The zero-order valence-corrected chi connectivity index (χ0v) is 17.3. The van der Waals surface area contributed by atoms with Crippen molar-refractivity contribution in [3.05, 3.63) is 71.8 Å². The second-order valence-corrected chi connectivity index (χ2v) is 8.71. The normalized spacial score (nSPS) is 10.6. The zero-order chi connectivity index (χ0) is 21.8. The molecule has 0 fully saturated rings. The molecule has 0 saturated heterocycles. The Hall–Kier alpha value is -2.42. The number of hydrogen-bond acceptors (Lipinski definition) is 5. The van der Waals surface area contributed by atoms with Crippen molar-refractivity contribution < 1.29 is 32.4 Å². The van der Waals surface area contributed by atoms with E-state index < -0.39 is 21.3 Å². The van der Waals surface area contributed by atoms with Gasteiger partial charge in [-0.05, 0) is 29.7 Å². The van der Waals surface area contributed by atoms with Gasteiger partial charge in [-0.25, -0.2) is 9.59 Å². The predicted molar refractivity (Wildman–Crippen MR) is 107 cm³/mol. The van der Waals surface area contributed by atoms with E-state index in [1.54, 1.807) is 60.7 Å². The largest absolute Gasteiger partial charge is 0.478 e. The van der Waals surface area contributed by atoms with Crippen LogP contribution in [0.3, 0.4) is 0 Å².